The molecule has 0 aliphatic carbocycles. The number of unbranched alkanes of at least 4 members (excludes halogenated alkanes) is 2. The van der Waals surface area contributed by atoms with E-state index in [2.05, 4.69) is 6.92 Å². The van der Waals surface area contributed by atoms with E-state index in [-0.39, 0.29) is 10.5 Å². The molecule has 0 saturated carbocycles. The maximum absolute atomic E-state index is 11.5. The highest BCUT2D eigenvalue weighted by Crippen LogP contribution is 2.07. The Morgan fingerprint density at radius 2 is 1.79 bits per heavy atom. The van der Waals surface area contributed by atoms with Crippen LogP contribution in [0.5, 0.6) is 0 Å². The number of ketones is 1. The van der Waals surface area contributed by atoms with Crippen LogP contribution in [-0.4, -0.2) is 5.78 Å². The molecule has 1 rings (SSSR count). The molecule has 0 bridgehead atoms. The summed E-state index contributed by atoms with van der Waals surface area (Å²) < 4.78 is 0. The maximum atomic E-state index is 11.5. The molecule has 0 N–H and O–H groups in total. The van der Waals surface area contributed by atoms with Crippen LogP contribution in [-0.2, 0) is 0 Å². The minimum Gasteiger partial charge on any atom is -0.294 e. The Hall–Kier alpha value is -1.18. The Kier molecular flexibility index (Phi) is 6.63. The number of hydrogen-bond acceptors (Lipinski definition) is 1. The van der Waals surface area contributed by atoms with Crippen molar-refractivity contribution in [2.75, 3.05) is 0 Å². The number of halogens is 1. The second-order valence-electron chi connectivity index (χ2n) is 3.25. The van der Waals surface area contributed by atoms with Gasteiger partial charge in [-0.1, -0.05) is 50.1 Å². The van der Waals surface area contributed by atoms with Gasteiger partial charge in [0.2, 0.25) is 0 Å². The van der Waals surface area contributed by atoms with Crippen molar-refractivity contribution < 1.29 is 9.50 Å². The summed E-state index contributed by atoms with van der Waals surface area (Å²) in [6.45, 7) is 2.15. The lowest BCUT2D eigenvalue weighted by Crippen LogP contribution is -1.97. The lowest BCUT2D eigenvalue weighted by molar-refractivity contribution is 0.0979. The Bertz CT molecular complexity index is 256. The average Bonchev–Trinajstić information content (AvgIpc) is 2.19. The van der Waals surface area contributed by atoms with Crippen LogP contribution < -0.4 is 0 Å². The van der Waals surface area contributed by atoms with E-state index in [9.17, 15) is 4.79 Å². The summed E-state index contributed by atoms with van der Waals surface area (Å²) in [6.07, 6.45) is 4.03. The number of rotatable bonds is 5. The van der Waals surface area contributed by atoms with Crippen LogP contribution in [0, 0.1) is 0 Å². The zero-order valence-electron chi connectivity index (χ0n) is 8.53. The summed E-state index contributed by atoms with van der Waals surface area (Å²) >= 11 is 0. The Labute approximate surface area is 84.5 Å². The number of carbonyl (C=O) groups excluding carboxylic acids is 1. The number of hydrogen-bond donors (Lipinski definition) is 0. The molecule has 0 aromatic heterocycles. The molecular formula is C12H17FO. The van der Waals surface area contributed by atoms with Gasteiger partial charge in [-0.3, -0.25) is 9.50 Å². The fourth-order valence-electron chi connectivity index (χ4n) is 1.30. The predicted octanol–water partition coefficient (Wildman–Crippen LogP) is 3.60. The molecular weight excluding hydrogens is 179 g/mol. The third-order valence-electron chi connectivity index (χ3n) is 2.10. The molecule has 78 valence electrons. The minimum atomic E-state index is 0. The van der Waals surface area contributed by atoms with Gasteiger partial charge in [-0.15, -0.1) is 0 Å². The summed E-state index contributed by atoms with van der Waals surface area (Å²) in [4.78, 5) is 11.5. The largest absolute Gasteiger partial charge is 0.294 e. The quantitative estimate of drug-likeness (QED) is 0.519. The van der Waals surface area contributed by atoms with Crippen molar-refractivity contribution in [2.24, 2.45) is 0 Å². The second kappa shape index (κ2) is 7.25. The van der Waals surface area contributed by atoms with E-state index < -0.39 is 0 Å². The van der Waals surface area contributed by atoms with Crippen molar-refractivity contribution in [3.8, 4) is 0 Å². The van der Waals surface area contributed by atoms with Gasteiger partial charge in [-0.25, -0.2) is 0 Å². The Morgan fingerprint density at radius 1 is 1.14 bits per heavy atom. The van der Waals surface area contributed by atoms with E-state index >= 15 is 0 Å². The van der Waals surface area contributed by atoms with Gasteiger partial charge in [0.25, 0.3) is 0 Å². The smallest absolute Gasteiger partial charge is 0.162 e. The Balaban J connectivity index is 0.00000169. The molecule has 1 aromatic rings. The fourth-order valence-corrected chi connectivity index (χ4v) is 1.30. The maximum Gasteiger partial charge on any atom is 0.162 e. The first-order valence-corrected chi connectivity index (χ1v) is 4.93. The molecule has 1 nitrogen and oxygen atoms in total. The van der Waals surface area contributed by atoms with Crippen LogP contribution in [0.2, 0.25) is 0 Å². The van der Waals surface area contributed by atoms with Gasteiger partial charge < -0.3 is 0 Å². The number of carbonyl (C=O) groups is 1. The van der Waals surface area contributed by atoms with Crippen molar-refractivity contribution in [1.29, 1.82) is 0 Å². The number of benzene rings is 1. The SMILES string of the molecule is CCCCCC(=O)c1ccccc1.F. The van der Waals surface area contributed by atoms with Crippen molar-refractivity contribution >= 4 is 5.78 Å². The lowest BCUT2D eigenvalue weighted by atomic mass is 10.1. The van der Waals surface area contributed by atoms with E-state index in [0.29, 0.717) is 6.42 Å². The molecule has 2 heteroatoms. The molecule has 0 radical (unpaired) electrons. The standard InChI is InChI=1S/C12H16O.FH/c1-2-3-5-10-12(13)11-8-6-4-7-9-11;/h4,6-9H,2-3,5,10H2,1H3;1H. The summed E-state index contributed by atoms with van der Waals surface area (Å²) in [5.41, 5.74) is 0.846. The summed E-state index contributed by atoms with van der Waals surface area (Å²) in [6, 6.07) is 9.52. The molecule has 0 aliphatic rings. The first-order chi connectivity index (χ1) is 6.34. The van der Waals surface area contributed by atoms with Crippen LogP contribution in [0.25, 0.3) is 0 Å². The third-order valence-corrected chi connectivity index (χ3v) is 2.10. The van der Waals surface area contributed by atoms with E-state index in [1.807, 2.05) is 30.3 Å². The normalized spacial score (nSPS) is 9.21. The van der Waals surface area contributed by atoms with Gasteiger partial charge in [-0.2, -0.15) is 0 Å². The topological polar surface area (TPSA) is 17.1 Å². The number of Topliss-reactive ketones (excluding diaryl/α,β-unsaturated/α-hetero) is 1. The van der Waals surface area contributed by atoms with Gasteiger partial charge in [0.05, 0.1) is 0 Å². The summed E-state index contributed by atoms with van der Waals surface area (Å²) in [7, 11) is 0. The first-order valence-electron chi connectivity index (χ1n) is 4.93. The second-order valence-corrected chi connectivity index (χ2v) is 3.25. The van der Waals surface area contributed by atoms with E-state index in [0.717, 1.165) is 18.4 Å². The van der Waals surface area contributed by atoms with Crippen molar-refractivity contribution in [1.82, 2.24) is 0 Å². The Morgan fingerprint density at radius 3 is 2.36 bits per heavy atom. The van der Waals surface area contributed by atoms with Crippen LogP contribution in [0.4, 0.5) is 4.70 Å². The van der Waals surface area contributed by atoms with Crippen LogP contribution >= 0.6 is 0 Å². The van der Waals surface area contributed by atoms with Gasteiger partial charge in [0.15, 0.2) is 5.78 Å². The molecule has 0 aliphatic heterocycles. The van der Waals surface area contributed by atoms with E-state index in [4.69, 9.17) is 0 Å². The molecule has 0 amide bonds. The van der Waals surface area contributed by atoms with Crippen LogP contribution in [0.15, 0.2) is 30.3 Å². The zero-order chi connectivity index (χ0) is 9.52. The predicted molar refractivity (Wildman–Crippen MR) is 57.4 cm³/mol. The van der Waals surface area contributed by atoms with Crippen LogP contribution in [0.1, 0.15) is 43.0 Å². The van der Waals surface area contributed by atoms with Gasteiger partial charge in [-0.05, 0) is 6.42 Å². The molecule has 1 aromatic carbocycles. The molecule has 0 saturated heterocycles. The lowest BCUT2D eigenvalue weighted by Gasteiger charge is -1.99. The van der Waals surface area contributed by atoms with Gasteiger partial charge in [0, 0.05) is 12.0 Å². The van der Waals surface area contributed by atoms with Crippen molar-refractivity contribution in [2.45, 2.75) is 32.6 Å². The van der Waals surface area contributed by atoms with Crippen molar-refractivity contribution in [3.05, 3.63) is 35.9 Å². The third kappa shape index (κ3) is 4.17. The minimum absolute atomic E-state index is 0. The molecule has 0 unspecified atom stereocenters. The summed E-state index contributed by atoms with van der Waals surface area (Å²) in [5, 5.41) is 0. The van der Waals surface area contributed by atoms with E-state index in [1.54, 1.807) is 0 Å². The molecule has 0 fully saturated rings. The monoisotopic (exact) mass is 196 g/mol. The van der Waals surface area contributed by atoms with Gasteiger partial charge >= 0.3 is 0 Å². The molecule has 0 atom stereocenters. The van der Waals surface area contributed by atoms with Crippen LogP contribution in [0.3, 0.4) is 0 Å². The highest BCUT2D eigenvalue weighted by Gasteiger charge is 2.02. The zero-order valence-corrected chi connectivity index (χ0v) is 8.53. The summed E-state index contributed by atoms with van der Waals surface area (Å²) in [5.74, 6) is 0.272. The average molecular weight is 196 g/mol. The molecule has 0 spiro atoms. The highest BCUT2D eigenvalue weighted by molar-refractivity contribution is 5.95. The van der Waals surface area contributed by atoms with Gasteiger partial charge in [0.1, 0.15) is 0 Å². The first kappa shape index (κ1) is 12.8. The molecule has 14 heavy (non-hydrogen) atoms. The molecule has 0 heterocycles. The highest BCUT2D eigenvalue weighted by atomic mass is 19.0. The van der Waals surface area contributed by atoms with Crippen molar-refractivity contribution in [3.63, 3.8) is 0 Å². The fraction of sp³-hybridized carbons (Fsp3) is 0.417. The van der Waals surface area contributed by atoms with E-state index in [1.165, 1.54) is 6.42 Å².